The third-order valence-electron chi connectivity index (χ3n) is 4.11. The van der Waals surface area contributed by atoms with Crippen LogP contribution in [-0.4, -0.2) is 4.57 Å². The summed E-state index contributed by atoms with van der Waals surface area (Å²) < 4.78 is 3.51. The van der Waals surface area contributed by atoms with Crippen LogP contribution in [0.15, 0.2) is 89.4 Å². The van der Waals surface area contributed by atoms with Crippen LogP contribution >= 0.6 is 15.9 Å². The average Bonchev–Trinajstić information content (AvgIpc) is 2.95. The molecule has 3 aromatic carbocycles. The van der Waals surface area contributed by atoms with Crippen LogP contribution in [-0.2, 0) is 6.54 Å². The Morgan fingerprint density at radius 1 is 0.739 bits per heavy atom. The van der Waals surface area contributed by atoms with Crippen LogP contribution in [0.3, 0.4) is 0 Å². The quantitative estimate of drug-likeness (QED) is 0.414. The topological polar surface area (TPSA) is 4.93 Å². The normalized spacial score (nSPS) is 11.0. The highest BCUT2D eigenvalue weighted by Crippen LogP contribution is 2.29. The smallest absolute Gasteiger partial charge is 0.0494 e. The first-order chi connectivity index (χ1) is 11.3. The van der Waals surface area contributed by atoms with Gasteiger partial charge in [-0.3, -0.25) is 0 Å². The molecule has 0 bridgehead atoms. The highest BCUT2D eigenvalue weighted by Gasteiger charge is 2.10. The molecule has 4 aromatic rings. The number of para-hydroxylation sites is 1. The van der Waals surface area contributed by atoms with E-state index in [9.17, 15) is 0 Å². The second-order valence-corrected chi connectivity index (χ2v) is 6.59. The maximum absolute atomic E-state index is 3.57. The van der Waals surface area contributed by atoms with E-state index in [0.29, 0.717) is 0 Å². The zero-order valence-electron chi connectivity index (χ0n) is 12.6. The molecule has 4 rings (SSSR count). The van der Waals surface area contributed by atoms with E-state index in [2.05, 4.69) is 105 Å². The van der Waals surface area contributed by atoms with E-state index in [1.807, 2.05) is 0 Å². The van der Waals surface area contributed by atoms with Crippen LogP contribution in [0.25, 0.3) is 22.2 Å². The minimum atomic E-state index is 0.858. The van der Waals surface area contributed by atoms with E-state index in [4.69, 9.17) is 0 Å². The molecule has 0 saturated carbocycles. The summed E-state index contributed by atoms with van der Waals surface area (Å²) in [6, 6.07) is 30.0. The Kier molecular flexibility index (Phi) is 3.76. The van der Waals surface area contributed by atoms with Gasteiger partial charge in [0.25, 0.3) is 0 Å². The van der Waals surface area contributed by atoms with Crippen LogP contribution in [0.1, 0.15) is 5.56 Å². The standard InChI is InChI=1S/C21H16BrN/c22-19-11-6-7-16(13-19)15-23-20-12-5-4-10-18(20)14-21(23)17-8-2-1-3-9-17/h1-14H,15H2. The molecule has 1 nitrogen and oxygen atoms in total. The maximum atomic E-state index is 3.57. The minimum absolute atomic E-state index is 0.858. The van der Waals surface area contributed by atoms with E-state index in [1.165, 1.54) is 27.7 Å². The number of aromatic nitrogens is 1. The number of rotatable bonds is 3. The summed E-state index contributed by atoms with van der Waals surface area (Å²) in [5.74, 6) is 0. The van der Waals surface area contributed by atoms with Crippen molar-refractivity contribution in [1.82, 2.24) is 4.57 Å². The van der Waals surface area contributed by atoms with Crippen LogP contribution in [0.2, 0.25) is 0 Å². The van der Waals surface area contributed by atoms with Crippen LogP contribution in [0, 0.1) is 0 Å². The number of hydrogen-bond donors (Lipinski definition) is 0. The number of benzene rings is 3. The Labute approximate surface area is 144 Å². The largest absolute Gasteiger partial charge is 0.336 e. The summed E-state index contributed by atoms with van der Waals surface area (Å²) in [5, 5.41) is 1.28. The number of hydrogen-bond acceptors (Lipinski definition) is 0. The Morgan fingerprint density at radius 2 is 1.52 bits per heavy atom. The van der Waals surface area contributed by atoms with Gasteiger partial charge < -0.3 is 4.57 Å². The molecule has 0 N–H and O–H groups in total. The van der Waals surface area contributed by atoms with Gasteiger partial charge in [0.1, 0.15) is 0 Å². The van der Waals surface area contributed by atoms with Gasteiger partial charge >= 0.3 is 0 Å². The van der Waals surface area contributed by atoms with Gasteiger partial charge in [-0.25, -0.2) is 0 Å². The summed E-state index contributed by atoms with van der Waals surface area (Å²) in [6.45, 7) is 0.858. The van der Waals surface area contributed by atoms with Gasteiger partial charge in [-0.05, 0) is 35.4 Å². The Hall–Kier alpha value is -2.32. The van der Waals surface area contributed by atoms with Crippen molar-refractivity contribution < 1.29 is 0 Å². The molecule has 0 fully saturated rings. The molecule has 0 radical (unpaired) electrons. The zero-order valence-corrected chi connectivity index (χ0v) is 14.2. The molecule has 0 aliphatic rings. The molecule has 0 aliphatic carbocycles. The van der Waals surface area contributed by atoms with Crippen molar-refractivity contribution >= 4 is 26.8 Å². The highest BCUT2D eigenvalue weighted by molar-refractivity contribution is 9.10. The Bertz CT molecular complexity index is 954. The molecule has 0 amide bonds. The Balaban J connectivity index is 1.89. The average molecular weight is 362 g/mol. The predicted molar refractivity (Wildman–Crippen MR) is 101 cm³/mol. The molecular weight excluding hydrogens is 346 g/mol. The van der Waals surface area contributed by atoms with Crippen molar-refractivity contribution in [2.45, 2.75) is 6.54 Å². The van der Waals surface area contributed by atoms with Crippen LogP contribution in [0.4, 0.5) is 0 Å². The summed E-state index contributed by atoms with van der Waals surface area (Å²) in [4.78, 5) is 0. The summed E-state index contributed by atoms with van der Waals surface area (Å²) in [6.07, 6.45) is 0. The van der Waals surface area contributed by atoms with Gasteiger partial charge in [0.15, 0.2) is 0 Å². The minimum Gasteiger partial charge on any atom is -0.336 e. The summed E-state index contributed by atoms with van der Waals surface area (Å²) >= 11 is 3.57. The monoisotopic (exact) mass is 361 g/mol. The third kappa shape index (κ3) is 2.82. The van der Waals surface area contributed by atoms with Crippen LogP contribution in [0.5, 0.6) is 0 Å². The molecule has 1 aromatic heterocycles. The van der Waals surface area contributed by atoms with Gasteiger partial charge in [0, 0.05) is 27.6 Å². The van der Waals surface area contributed by atoms with Crippen molar-refractivity contribution in [1.29, 1.82) is 0 Å². The molecule has 0 atom stereocenters. The van der Waals surface area contributed by atoms with Crippen molar-refractivity contribution in [2.75, 3.05) is 0 Å². The van der Waals surface area contributed by atoms with Crippen molar-refractivity contribution in [3.05, 3.63) is 95.0 Å². The van der Waals surface area contributed by atoms with Crippen molar-refractivity contribution in [2.24, 2.45) is 0 Å². The number of halogens is 1. The molecule has 0 saturated heterocycles. The lowest BCUT2D eigenvalue weighted by atomic mass is 10.1. The molecular formula is C21H16BrN. The zero-order chi connectivity index (χ0) is 15.6. The van der Waals surface area contributed by atoms with E-state index in [0.717, 1.165) is 11.0 Å². The van der Waals surface area contributed by atoms with Gasteiger partial charge in [-0.15, -0.1) is 0 Å². The molecule has 0 aliphatic heterocycles. The lowest BCUT2D eigenvalue weighted by Crippen LogP contribution is -2.01. The van der Waals surface area contributed by atoms with E-state index < -0.39 is 0 Å². The second kappa shape index (κ2) is 6.05. The first-order valence-electron chi connectivity index (χ1n) is 7.69. The fraction of sp³-hybridized carbons (Fsp3) is 0.0476. The van der Waals surface area contributed by atoms with E-state index in [-0.39, 0.29) is 0 Å². The lowest BCUT2D eigenvalue weighted by Gasteiger charge is -2.11. The number of fused-ring (bicyclic) bond motifs is 1. The third-order valence-corrected chi connectivity index (χ3v) is 4.60. The fourth-order valence-corrected chi connectivity index (χ4v) is 3.49. The van der Waals surface area contributed by atoms with E-state index >= 15 is 0 Å². The highest BCUT2D eigenvalue weighted by atomic mass is 79.9. The SMILES string of the molecule is Brc1cccc(Cn2c(-c3ccccc3)cc3ccccc32)c1. The lowest BCUT2D eigenvalue weighted by molar-refractivity contribution is 0.844. The summed E-state index contributed by atoms with van der Waals surface area (Å²) in [7, 11) is 0. The molecule has 0 spiro atoms. The van der Waals surface area contributed by atoms with Gasteiger partial charge in [-0.1, -0.05) is 76.6 Å². The first-order valence-corrected chi connectivity index (χ1v) is 8.49. The summed E-state index contributed by atoms with van der Waals surface area (Å²) in [5.41, 5.74) is 5.06. The first kappa shape index (κ1) is 14.3. The molecule has 112 valence electrons. The van der Waals surface area contributed by atoms with E-state index in [1.54, 1.807) is 0 Å². The predicted octanol–water partition coefficient (Wildman–Crippen LogP) is 6.12. The van der Waals surface area contributed by atoms with Gasteiger partial charge in [-0.2, -0.15) is 0 Å². The van der Waals surface area contributed by atoms with Crippen molar-refractivity contribution in [3.8, 4) is 11.3 Å². The Morgan fingerprint density at radius 3 is 2.35 bits per heavy atom. The maximum Gasteiger partial charge on any atom is 0.0494 e. The molecule has 0 unspecified atom stereocenters. The van der Waals surface area contributed by atoms with Gasteiger partial charge in [0.05, 0.1) is 0 Å². The molecule has 1 heterocycles. The van der Waals surface area contributed by atoms with Crippen molar-refractivity contribution in [3.63, 3.8) is 0 Å². The van der Waals surface area contributed by atoms with Crippen LogP contribution < -0.4 is 0 Å². The fourth-order valence-electron chi connectivity index (χ4n) is 3.05. The molecule has 23 heavy (non-hydrogen) atoms. The van der Waals surface area contributed by atoms with Gasteiger partial charge in [0.2, 0.25) is 0 Å². The number of nitrogens with zero attached hydrogens (tertiary/aromatic N) is 1. The molecule has 2 heteroatoms. The second-order valence-electron chi connectivity index (χ2n) is 5.67.